The monoisotopic (exact) mass is 543 g/mol. The first-order valence-electron chi connectivity index (χ1n) is 10.9. The fourth-order valence-corrected chi connectivity index (χ4v) is 4.58. The second-order valence-electron chi connectivity index (χ2n) is 8.55. The third-order valence-corrected chi connectivity index (χ3v) is 7.08. The number of aryl methyl sites for hydroxylation is 1. The number of carbonyl (C=O) groups excluding carboxylic acids is 2. The molecule has 1 atom stereocenters. The second-order valence-corrected chi connectivity index (χ2v) is 11.3. The minimum atomic E-state index is -3.88. The molecule has 0 unspecified atom stereocenters. The molecule has 8 nitrogen and oxygen atoms in total. The lowest BCUT2D eigenvalue weighted by atomic mass is 10.1. The van der Waals surface area contributed by atoms with Gasteiger partial charge in [-0.25, -0.2) is 8.42 Å². The van der Waals surface area contributed by atoms with Crippen molar-refractivity contribution in [2.45, 2.75) is 46.3 Å². The molecule has 192 valence electrons. The summed E-state index contributed by atoms with van der Waals surface area (Å²) in [7, 11) is -2.46. The lowest BCUT2D eigenvalue weighted by Crippen LogP contribution is -2.52. The zero-order chi connectivity index (χ0) is 26.5. The number of hydrogen-bond acceptors (Lipinski definition) is 5. The Kier molecular flexibility index (Phi) is 9.83. The molecule has 0 aliphatic carbocycles. The summed E-state index contributed by atoms with van der Waals surface area (Å²) in [6, 6.07) is 8.91. The van der Waals surface area contributed by atoms with Gasteiger partial charge in [0.1, 0.15) is 18.3 Å². The summed E-state index contributed by atoms with van der Waals surface area (Å²) in [5.74, 6) is -0.639. The molecule has 11 heteroatoms. The number of methoxy groups -OCH3 is 1. The van der Waals surface area contributed by atoms with Crippen LogP contribution in [-0.2, 0) is 26.2 Å². The van der Waals surface area contributed by atoms with E-state index in [1.807, 2.05) is 13.8 Å². The van der Waals surface area contributed by atoms with Gasteiger partial charge in [-0.3, -0.25) is 13.9 Å². The van der Waals surface area contributed by atoms with Crippen LogP contribution in [-0.4, -0.2) is 57.1 Å². The maximum atomic E-state index is 13.6. The van der Waals surface area contributed by atoms with Crippen LogP contribution in [0.3, 0.4) is 0 Å². The summed E-state index contributed by atoms with van der Waals surface area (Å²) in [5.41, 5.74) is 1.66. The van der Waals surface area contributed by atoms with Gasteiger partial charge in [0.15, 0.2) is 0 Å². The predicted molar refractivity (Wildman–Crippen MR) is 140 cm³/mol. The first kappa shape index (κ1) is 28.7. The van der Waals surface area contributed by atoms with Gasteiger partial charge >= 0.3 is 0 Å². The molecule has 0 spiro atoms. The average molecular weight is 545 g/mol. The number of anilines is 1. The number of amides is 2. The molecular formula is C24H31Cl2N3O5S. The number of hydrogen-bond donors (Lipinski definition) is 1. The molecule has 2 amide bonds. The van der Waals surface area contributed by atoms with E-state index in [9.17, 15) is 18.0 Å². The minimum absolute atomic E-state index is 0.0188. The number of nitrogens with zero attached hydrogens (tertiary/aromatic N) is 2. The average Bonchev–Trinajstić information content (AvgIpc) is 2.76. The molecule has 2 aromatic rings. The van der Waals surface area contributed by atoms with Gasteiger partial charge in [-0.05, 0) is 63.1 Å². The fraction of sp³-hybridized carbons (Fsp3) is 0.417. The van der Waals surface area contributed by atoms with Crippen LogP contribution in [0.5, 0.6) is 5.75 Å². The second kappa shape index (κ2) is 12.0. The first-order chi connectivity index (χ1) is 16.2. The van der Waals surface area contributed by atoms with Crippen LogP contribution in [0, 0.1) is 6.92 Å². The van der Waals surface area contributed by atoms with Gasteiger partial charge in [0.25, 0.3) is 0 Å². The molecule has 0 aromatic heterocycles. The highest BCUT2D eigenvalue weighted by Gasteiger charge is 2.31. The lowest BCUT2D eigenvalue weighted by Gasteiger charge is -2.32. The Hall–Kier alpha value is -2.49. The number of sulfonamides is 1. The van der Waals surface area contributed by atoms with Crippen molar-refractivity contribution in [1.29, 1.82) is 0 Å². The Morgan fingerprint density at radius 1 is 1.06 bits per heavy atom. The number of halogens is 2. The highest BCUT2D eigenvalue weighted by molar-refractivity contribution is 7.92. The molecule has 2 aromatic carbocycles. The van der Waals surface area contributed by atoms with E-state index >= 15 is 0 Å². The van der Waals surface area contributed by atoms with Gasteiger partial charge in [-0.1, -0.05) is 35.3 Å². The van der Waals surface area contributed by atoms with Gasteiger partial charge in [0, 0.05) is 12.6 Å². The van der Waals surface area contributed by atoms with Crippen molar-refractivity contribution < 1.29 is 22.7 Å². The molecule has 1 N–H and O–H groups in total. The third kappa shape index (κ3) is 7.75. The summed E-state index contributed by atoms with van der Waals surface area (Å²) >= 11 is 12.2. The molecule has 0 saturated heterocycles. The maximum Gasteiger partial charge on any atom is 0.244 e. The van der Waals surface area contributed by atoms with Crippen molar-refractivity contribution in [3.05, 3.63) is 57.6 Å². The molecule has 0 fully saturated rings. The predicted octanol–water partition coefficient (Wildman–Crippen LogP) is 4.02. The van der Waals surface area contributed by atoms with Crippen LogP contribution in [0.15, 0.2) is 36.4 Å². The summed E-state index contributed by atoms with van der Waals surface area (Å²) in [6.07, 6.45) is 1.01. The Labute approximate surface area is 217 Å². The molecule has 35 heavy (non-hydrogen) atoms. The van der Waals surface area contributed by atoms with E-state index in [2.05, 4.69) is 5.32 Å². The molecule has 0 aliphatic rings. The van der Waals surface area contributed by atoms with Crippen molar-refractivity contribution in [3.63, 3.8) is 0 Å². The van der Waals surface area contributed by atoms with Gasteiger partial charge in [-0.2, -0.15) is 0 Å². The van der Waals surface area contributed by atoms with Crippen LogP contribution in [0.2, 0.25) is 10.0 Å². The standard InChI is InChI=1S/C24H31Cl2N3O5S/c1-15(2)27-24(31)17(4)28(13-18-8-9-19(25)20(26)12-18)23(30)14-29(35(6,32)33)21-11-16(3)7-10-22(21)34-5/h7-12,15,17H,13-14H2,1-6H3,(H,27,31)/t17-/m1/s1. The maximum absolute atomic E-state index is 13.6. The van der Waals surface area contributed by atoms with Crippen molar-refractivity contribution >= 4 is 50.7 Å². The fourth-order valence-electron chi connectivity index (χ4n) is 3.41. The van der Waals surface area contributed by atoms with E-state index in [0.29, 0.717) is 21.4 Å². The lowest BCUT2D eigenvalue weighted by molar-refractivity contribution is -0.139. The summed E-state index contributed by atoms with van der Waals surface area (Å²) in [5, 5.41) is 3.45. The molecule has 0 radical (unpaired) electrons. The van der Waals surface area contributed by atoms with Gasteiger partial charge in [-0.15, -0.1) is 0 Å². The molecule has 0 saturated carbocycles. The van der Waals surface area contributed by atoms with E-state index in [1.165, 1.54) is 12.0 Å². The van der Waals surface area contributed by atoms with Crippen LogP contribution in [0.4, 0.5) is 5.69 Å². The van der Waals surface area contributed by atoms with E-state index < -0.39 is 28.5 Å². The smallest absolute Gasteiger partial charge is 0.244 e. The van der Waals surface area contributed by atoms with Crippen LogP contribution in [0.25, 0.3) is 0 Å². The molecule has 0 bridgehead atoms. The van der Waals surface area contributed by atoms with Crippen molar-refractivity contribution in [2.75, 3.05) is 24.2 Å². The van der Waals surface area contributed by atoms with Crippen molar-refractivity contribution in [3.8, 4) is 5.75 Å². The molecule has 0 heterocycles. The molecular weight excluding hydrogens is 513 g/mol. The molecule has 2 rings (SSSR count). The van der Waals surface area contributed by atoms with E-state index in [-0.39, 0.29) is 24.2 Å². The van der Waals surface area contributed by atoms with Crippen molar-refractivity contribution in [2.24, 2.45) is 0 Å². The quantitative estimate of drug-likeness (QED) is 0.488. The van der Waals surface area contributed by atoms with E-state index in [4.69, 9.17) is 27.9 Å². The van der Waals surface area contributed by atoms with Gasteiger partial charge < -0.3 is 15.0 Å². The van der Waals surface area contributed by atoms with Crippen LogP contribution in [0.1, 0.15) is 31.9 Å². The summed E-state index contributed by atoms with van der Waals surface area (Å²) < 4.78 is 31.8. The number of ether oxygens (including phenoxy) is 1. The van der Waals surface area contributed by atoms with Crippen molar-refractivity contribution in [1.82, 2.24) is 10.2 Å². The van der Waals surface area contributed by atoms with Crippen LogP contribution >= 0.6 is 23.2 Å². The highest BCUT2D eigenvalue weighted by atomic mass is 35.5. The number of benzene rings is 2. The van der Waals surface area contributed by atoms with E-state index in [1.54, 1.807) is 50.2 Å². The summed E-state index contributed by atoms with van der Waals surface area (Å²) in [6.45, 7) is 6.51. The topological polar surface area (TPSA) is 96.0 Å². The number of rotatable bonds is 10. The van der Waals surface area contributed by atoms with Gasteiger partial charge in [0.2, 0.25) is 21.8 Å². The normalized spacial score (nSPS) is 12.3. The Balaban J connectivity index is 2.48. The first-order valence-corrected chi connectivity index (χ1v) is 13.5. The zero-order valence-corrected chi connectivity index (χ0v) is 23.0. The SMILES string of the molecule is COc1ccc(C)cc1N(CC(=O)N(Cc1ccc(Cl)c(Cl)c1)[C@H](C)C(=O)NC(C)C)S(C)(=O)=O. The third-order valence-electron chi connectivity index (χ3n) is 5.22. The summed E-state index contributed by atoms with van der Waals surface area (Å²) in [4.78, 5) is 27.7. The Bertz CT molecular complexity index is 1190. The van der Waals surface area contributed by atoms with Crippen LogP contribution < -0.4 is 14.4 Å². The zero-order valence-electron chi connectivity index (χ0n) is 20.6. The Morgan fingerprint density at radius 2 is 1.71 bits per heavy atom. The largest absolute Gasteiger partial charge is 0.495 e. The molecule has 0 aliphatic heterocycles. The van der Waals surface area contributed by atoms with E-state index in [0.717, 1.165) is 16.1 Å². The number of nitrogens with one attached hydrogen (secondary N) is 1. The number of carbonyl (C=O) groups is 2. The van der Waals surface area contributed by atoms with Gasteiger partial charge in [0.05, 0.1) is 29.1 Å². The minimum Gasteiger partial charge on any atom is -0.495 e. The Morgan fingerprint density at radius 3 is 2.26 bits per heavy atom. The highest BCUT2D eigenvalue weighted by Crippen LogP contribution is 2.31.